The van der Waals surface area contributed by atoms with E-state index in [1.165, 1.54) is 11.1 Å². The first-order valence-electron chi connectivity index (χ1n) is 7.26. The van der Waals surface area contributed by atoms with Crippen LogP contribution in [0.25, 0.3) is 0 Å². The molecule has 0 radical (unpaired) electrons. The molecule has 2 heteroatoms. The lowest BCUT2D eigenvalue weighted by molar-refractivity contribution is 0.120. The fourth-order valence-electron chi connectivity index (χ4n) is 2.85. The van der Waals surface area contributed by atoms with Crippen LogP contribution in [0.1, 0.15) is 29.9 Å². The number of para-hydroxylation sites is 1. The number of fused-ring (bicyclic) bond motifs is 1. The quantitative estimate of drug-likeness (QED) is 0.868. The molecule has 0 saturated carbocycles. The van der Waals surface area contributed by atoms with Crippen molar-refractivity contribution in [2.45, 2.75) is 31.3 Å². The molecule has 0 bridgehead atoms. The van der Waals surface area contributed by atoms with Crippen LogP contribution in [0, 0.1) is 0 Å². The van der Waals surface area contributed by atoms with E-state index in [1.807, 2.05) is 30.3 Å². The van der Waals surface area contributed by atoms with Crippen molar-refractivity contribution >= 4 is 0 Å². The Morgan fingerprint density at radius 2 is 1.80 bits per heavy atom. The van der Waals surface area contributed by atoms with E-state index in [2.05, 4.69) is 24.3 Å². The first-order chi connectivity index (χ1) is 9.83. The molecule has 104 valence electrons. The molecule has 1 aliphatic rings. The third kappa shape index (κ3) is 3.02. The maximum Gasteiger partial charge on any atom is 0.119 e. The largest absolute Gasteiger partial charge is 0.493 e. The van der Waals surface area contributed by atoms with Crippen LogP contribution in [0.4, 0.5) is 0 Å². The SMILES string of the molecule is OC(CCOc1ccccc1)CC1Cc2ccccc21. The van der Waals surface area contributed by atoms with Gasteiger partial charge in [0.05, 0.1) is 12.7 Å². The summed E-state index contributed by atoms with van der Waals surface area (Å²) in [5.74, 6) is 1.40. The minimum Gasteiger partial charge on any atom is -0.493 e. The number of ether oxygens (including phenoxy) is 1. The maximum absolute atomic E-state index is 10.1. The first kappa shape index (κ1) is 13.2. The Kier molecular flexibility index (Phi) is 4.03. The monoisotopic (exact) mass is 268 g/mol. The van der Waals surface area contributed by atoms with Crippen LogP contribution in [-0.2, 0) is 6.42 Å². The van der Waals surface area contributed by atoms with Crippen LogP contribution in [0.15, 0.2) is 54.6 Å². The molecule has 2 atom stereocenters. The van der Waals surface area contributed by atoms with Crippen LogP contribution in [0.3, 0.4) is 0 Å². The summed E-state index contributed by atoms with van der Waals surface area (Å²) in [4.78, 5) is 0. The van der Waals surface area contributed by atoms with Gasteiger partial charge in [0.2, 0.25) is 0 Å². The molecule has 0 heterocycles. The highest BCUT2D eigenvalue weighted by molar-refractivity contribution is 5.39. The van der Waals surface area contributed by atoms with Crippen LogP contribution < -0.4 is 4.74 Å². The van der Waals surface area contributed by atoms with Crippen LogP contribution in [0.5, 0.6) is 5.75 Å². The molecule has 0 aliphatic heterocycles. The summed E-state index contributed by atoms with van der Waals surface area (Å²) in [6.07, 6.45) is 2.35. The van der Waals surface area contributed by atoms with Crippen LogP contribution >= 0.6 is 0 Å². The predicted octanol–water partition coefficient (Wildman–Crippen LogP) is 3.55. The number of aliphatic hydroxyl groups is 1. The molecule has 2 aromatic carbocycles. The number of rotatable bonds is 6. The van der Waals surface area contributed by atoms with Crippen molar-refractivity contribution in [1.29, 1.82) is 0 Å². The molecule has 3 rings (SSSR count). The highest BCUT2D eigenvalue weighted by atomic mass is 16.5. The Morgan fingerprint density at radius 3 is 2.60 bits per heavy atom. The summed E-state index contributed by atoms with van der Waals surface area (Å²) >= 11 is 0. The highest BCUT2D eigenvalue weighted by Gasteiger charge is 2.27. The van der Waals surface area contributed by atoms with Gasteiger partial charge in [-0.05, 0) is 42.0 Å². The molecule has 1 N–H and O–H groups in total. The molecule has 2 aromatic rings. The average Bonchev–Trinajstić information content (AvgIpc) is 2.46. The van der Waals surface area contributed by atoms with Gasteiger partial charge in [-0.1, -0.05) is 42.5 Å². The molecule has 0 aromatic heterocycles. The summed E-state index contributed by atoms with van der Waals surface area (Å²) in [7, 11) is 0. The van der Waals surface area contributed by atoms with E-state index in [0.29, 0.717) is 18.9 Å². The number of benzene rings is 2. The van der Waals surface area contributed by atoms with Gasteiger partial charge in [0, 0.05) is 6.42 Å². The van der Waals surface area contributed by atoms with E-state index in [0.717, 1.165) is 18.6 Å². The Hall–Kier alpha value is -1.80. The second kappa shape index (κ2) is 6.10. The third-order valence-corrected chi connectivity index (χ3v) is 3.98. The zero-order chi connectivity index (χ0) is 13.8. The van der Waals surface area contributed by atoms with Gasteiger partial charge in [0.1, 0.15) is 5.75 Å². The van der Waals surface area contributed by atoms with E-state index >= 15 is 0 Å². The number of hydrogen-bond donors (Lipinski definition) is 1. The number of hydrogen-bond acceptors (Lipinski definition) is 2. The lowest BCUT2D eigenvalue weighted by Gasteiger charge is -2.31. The second-order valence-corrected chi connectivity index (χ2v) is 5.44. The summed E-state index contributed by atoms with van der Waals surface area (Å²) in [6.45, 7) is 0.569. The van der Waals surface area contributed by atoms with Crippen molar-refractivity contribution in [3.8, 4) is 5.75 Å². The normalized spacial score (nSPS) is 17.9. The Bertz CT molecular complexity index is 550. The van der Waals surface area contributed by atoms with Gasteiger partial charge >= 0.3 is 0 Å². The fraction of sp³-hybridized carbons (Fsp3) is 0.333. The van der Waals surface area contributed by atoms with Gasteiger partial charge < -0.3 is 9.84 Å². The van der Waals surface area contributed by atoms with E-state index < -0.39 is 0 Å². The summed E-state index contributed by atoms with van der Waals surface area (Å²) in [6, 6.07) is 18.3. The van der Waals surface area contributed by atoms with Gasteiger partial charge in [0.25, 0.3) is 0 Å². The van der Waals surface area contributed by atoms with Crippen LogP contribution in [0.2, 0.25) is 0 Å². The third-order valence-electron chi connectivity index (χ3n) is 3.98. The van der Waals surface area contributed by atoms with E-state index in [-0.39, 0.29) is 6.10 Å². The molecular weight excluding hydrogens is 248 g/mol. The summed E-state index contributed by atoms with van der Waals surface area (Å²) in [5.41, 5.74) is 2.85. The molecule has 2 unspecified atom stereocenters. The van der Waals surface area contributed by atoms with Gasteiger partial charge in [-0.3, -0.25) is 0 Å². The molecule has 0 spiro atoms. The second-order valence-electron chi connectivity index (χ2n) is 5.44. The predicted molar refractivity (Wildman–Crippen MR) is 80.1 cm³/mol. The van der Waals surface area contributed by atoms with Gasteiger partial charge in [-0.25, -0.2) is 0 Å². The highest BCUT2D eigenvalue weighted by Crippen LogP contribution is 2.38. The zero-order valence-electron chi connectivity index (χ0n) is 11.5. The standard InChI is InChI=1S/C18H20O2/c19-16(10-11-20-17-7-2-1-3-8-17)13-15-12-14-6-4-5-9-18(14)15/h1-9,15-16,19H,10-13H2. The van der Waals surface area contributed by atoms with Gasteiger partial charge in [-0.2, -0.15) is 0 Å². The van der Waals surface area contributed by atoms with E-state index in [1.54, 1.807) is 0 Å². The molecule has 1 aliphatic carbocycles. The molecule has 0 amide bonds. The lowest BCUT2D eigenvalue weighted by atomic mass is 9.74. The van der Waals surface area contributed by atoms with Crippen molar-refractivity contribution < 1.29 is 9.84 Å². The van der Waals surface area contributed by atoms with Gasteiger partial charge in [-0.15, -0.1) is 0 Å². The molecular formula is C18H20O2. The summed E-state index contributed by atoms with van der Waals surface area (Å²) < 4.78 is 5.62. The fourth-order valence-corrected chi connectivity index (χ4v) is 2.85. The molecule has 2 nitrogen and oxygen atoms in total. The Morgan fingerprint density at radius 1 is 1.05 bits per heavy atom. The van der Waals surface area contributed by atoms with Crippen molar-refractivity contribution in [1.82, 2.24) is 0 Å². The zero-order valence-corrected chi connectivity index (χ0v) is 11.5. The molecule has 0 fully saturated rings. The smallest absolute Gasteiger partial charge is 0.119 e. The summed E-state index contributed by atoms with van der Waals surface area (Å²) in [5, 5.41) is 10.1. The van der Waals surface area contributed by atoms with E-state index in [9.17, 15) is 5.11 Å². The van der Waals surface area contributed by atoms with Crippen molar-refractivity contribution in [2.75, 3.05) is 6.61 Å². The average molecular weight is 268 g/mol. The van der Waals surface area contributed by atoms with E-state index in [4.69, 9.17) is 4.74 Å². The topological polar surface area (TPSA) is 29.5 Å². The minimum atomic E-state index is -0.280. The molecule has 20 heavy (non-hydrogen) atoms. The van der Waals surface area contributed by atoms with Crippen molar-refractivity contribution in [3.05, 3.63) is 65.7 Å². The van der Waals surface area contributed by atoms with Crippen LogP contribution in [-0.4, -0.2) is 17.8 Å². The lowest BCUT2D eigenvalue weighted by Crippen LogP contribution is -2.23. The Labute approximate surface area is 120 Å². The first-order valence-corrected chi connectivity index (χ1v) is 7.26. The maximum atomic E-state index is 10.1. The Balaban J connectivity index is 1.42. The van der Waals surface area contributed by atoms with Crippen molar-refractivity contribution in [2.24, 2.45) is 0 Å². The molecule has 0 saturated heterocycles. The number of aliphatic hydroxyl groups excluding tert-OH is 1. The minimum absolute atomic E-state index is 0.280. The van der Waals surface area contributed by atoms with Crippen molar-refractivity contribution in [3.63, 3.8) is 0 Å². The van der Waals surface area contributed by atoms with Gasteiger partial charge in [0.15, 0.2) is 0 Å².